The molecule has 3 heteroatoms. The minimum absolute atomic E-state index is 0.0563. The Labute approximate surface area is 107 Å². The van der Waals surface area contributed by atoms with Gasteiger partial charge in [-0.3, -0.25) is 9.48 Å². The first-order valence-electron chi connectivity index (χ1n) is 6.18. The van der Waals surface area contributed by atoms with Gasteiger partial charge in [0.05, 0.1) is 11.3 Å². The molecule has 1 aromatic heterocycles. The second kappa shape index (κ2) is 4.77. The number of rotatable bonds is 3. The number of carbonyl (C=O) groups excluding carboxylic acids is 1. The first-order valence-corrected chi connectivity index (χ1v) is 6.18. The van der Waals surface area contributed by atoms with E-state index in [9.17, 15) is 4.79 Å². The smallest absolute Gasteiger partial charge is 0.196 e. The van der Waals surface area contributed by atoms with E-state index in [1.54, 1.807) is 4.68 Å². The molecule has 0 aliphatic heterocycles. The van der Waals surface area contributed by atoms with E-state index in [4.69, 9.17) is 0 Å². The molecule has 2 aromatic rings. The van der Waals surface area contributed by atoms with E-state index < -0.39 is 0 Å². The van der Waals surface area contributed by atoms with Crippen LogP contribution in [0, 0.1) is 13.8 Å². The number of hydrogen-bond donors (Lipinski definition) is 0. The van der Waals surface area contributed by atoms with Crippen LogP contribution in [-0.2, 0) is 13.5 Å². The summed E-state index contributed by atoms with van der Waals surface area (Å²) >= 11 is 0. The Hall–Kier alpha value is -1.90. The number of ketones is 1. The summed E-state index contributed by atoms with van der Waals surface area (Å²) in [5.74, 6) is 0.0563. The van der Waals surface area contributed by atoms with Crippen molar-refractivity contribution in [1.29, 1.82) is 0 Å². The molecular formula is C15H18N2O. The van der Waals surface area contributed by atoms with Crippen LogP contribution in [0.15, 0.2) is 24.3 Å². The maximum absolute atomic E-state index is 12.4. The predicted molar refractivity (Wildman–Crippen MR) is 71.9 cm³/mol. The first kappa shape index (κ1) is 12.6. The SMILES string of the molecule is CCc1ccc(C(=O)c2c(C)nn(C)c2C)cc1. The van der Waals surface area contributed by atoms with Gasteiger partial charge >= 0.3 is 0 Å². The molecule has 18 heavy (non-hydrogen) atoms. The highest BCUT2D eigenvalue weighted by molar-refractivity contribution is 6.10. The Balaban J connectivity index is 2.41. The number of benzene rings is 1. The second-order valence-electron chi connectivity index (χ2n) is 4.55. The third-order valence-electron chi connectivity index (χ3n) is 3.36. The van der Waals surface area contributed by atoms with Crippen molar-refractivity contribution in [2.75, 3.05) is 0 Å². The summed E-state index contributed by atoms with van der Waals surface area (Å²) in [6, 6.07) is 7.81. The van der Waals surface area contributed by atoms with Gasteiger partial charge in [0.1, 0.15) is 0 Å². The van der Waals surface area contributed by atoms with Crippen molar-refractivity contribution in [3.8, 4) is 0 Å². The zero-order valence-corrected chi connectivity index (χ0v) is 11.3. The molecule has 0 fully saturated rings. The van der Waals surface area contributed by atoms with Gasteiger partial charge < -0.3 is 0 Å². The number of nitrogens with zero attached hydrogens (tertiary/aromatic N) is 2. The summed E-state index contributed by atoms with van der Waals surface area (Å²) < 4.78 is 1.75. The van der Waals surface area contributed by atoms with Gasteiger partial charge in [-0.1, -0.05) is 31.2 Å². The maximum atomic E-state index is 12.4. The molecule has 0 spiro atoms. The van der Waals surface area contributed by atoms with Crippen LogP contribution in [0.3, 0.4) is 0 Å². The van der Waals surface area contributed by atoms with Gasteiger partial charge in [-0.05, 0) is 25.8 Å². The molecular weight excluding hydrogens is 224 g/mol. The van der Waals surface area contributed by atoms with Crippen LogP contribution in [0.25, 0.3) is 0 Å². The van der Waals surface area contributed by atoms with E-state index in [2.05, 4.69) is 12.0 Å². The van der Waals surface area contributed by atoms with Gasteiger partial charge in [-0.15, -0.1) is 0 Å². The minimum atomic E-state index is 0.0563. The molecule has 3 nitrogen and oxygen atoms in total. The average Bonchev–Trinajstić information content (AvgIpc) is 2.63. The molecule has 0 aliphatic carbocycles. The van der Waals surface area contributed by atoms with Crippen LogP contribution in [0.4, 0.5) is 0 Å². The summed E-state index contributed by atoms with van der Waals surface area (Å²) in [5.41, 5.74) is 4.40. The highest BCUT2D eigenvalue weighted by atomic mass is 16.1. The Kier molecular flexibility index (Phi) is 3.32. The van der Waals surface area contributed by atoms with E-state index in [0.717, 1.165) is 28.9 Å². The Morgan fingerprint density at radius 2 is 1.83 bits per heavy atom. The van der Waals surface area contributed by atoms with E-state index in [-0.39, 0.29) is 5.78 Å². The quantitative estimate of drug-likeness (QED) is 0.776. The maximum Gasteiger partial charge on any atom is 0.196 e. The predicted octanol–water partition coefficient (Wildman–Crippen LogP) is 2.83. The molecule has 1 heterocycles. The normalized spacial score (nSPS) is 10.7. The van der Waals surface area contributed by atoms with Crippen LogP contribution in [0.2, 0.25) is 0 Å². The number of aromatic nitrogens is 2. The van der Waals surface area contributed by atoms with Crippen LogP contribution >= 0.6 is 0 Å². The topological polar surface area (TPSA) is 34.9 Å². The lowest BCUT2D eigenvalue weighted by Crippen LogP contribution is -2.04. The molecule has 94 valence electrons. The Bertz CT molecular complexity index is 579. The van der Waals surface area contributed by atoms with Crippen LogP contribution in [0.1, 0.15) is 39.8 Å². The molecule has 0 bridgehead atoms. The monoisotopic (exact) mass is 242 g/mol. The van der Waals surface area contributed by atoms with E-state index in [0.29, 0.717) is 0 Å². The molecule has 1 aromatic carbocycles. The van der Waals surface area contributed by atoms with Crippen LogP contribution in [0.5, 0.6) is 0 Å². The fourth-order valence-corrected chi connectivity index (χ4v) is 2.14. The van der Waals surface area contributed by atoms with Crippen molar-refractivity contribution < 1.29 is 4.79 Å². The van der Waals surface area contributed by atoms with Gasteiger partial charge in [0.2, 0.25) is 0 Å². The summed E-state index contributed by atoms with van der Waals surface area (Å²) in [4.78, 5) is 12.4. The van der Waals surface area contributed by atoms with Gasteiger partial charge in [-0.25, -0.2) is 0 Å². The number of aryl methyl sites for hydroxylation is 3. The number of carbonyl (C=O) groups is 1. The summed E-state index contributed by atoms with van der Waals surface area (Å²) in [5, 5.41) is 4.29. The Morgan fingerprint density at radius 3 is 2.28 bits per heavy atom. The van der Waals surface area contributed by atoms with Gasteiger partial charge in [-0.2, -0.15) is 5.10 Å². The molecule has 0 N–H and O–H groups in total. The lowest BCUT2D eigenvalue weighted by Gasteiger charge is -2.03. The molecule has 2 rings (SSSR count). The number of hydrogen-bond acceptors (Lipinski definition) is 2. The van der Waals surface area contributed by atoms with Crippen molar-refractivity contribution >= 4 is 5.78 Å². The summed E-state index contributed by atoms with van der Waals surface area (Å²) in [7, 11) is 1.86. The van der Waals surface area contributed by atoms with Gasteiger partial charge in [0, 0.05) is 18.3 Å². The van der Waals surface area contributed by atoms with Crippen molar-refractivity contribution in [2.24, 2.45) is 7.05 Å². The second-order valence-corrected chi connectivity index (χ2v) is 4.55. The molecule has 0 aliphatic rings. The van der Waals surface area contributed by atoms with E-state index in [1.165, 1.54) is 5.56 Å². The largest absolute Gasteiger partial charge is 0.288 e. The van der Waals surface area contributed by atoms with E-state index in [1.807, 2.05) is 45.2 Å². The molecule has 0 unspecified atom stereocenters. The first-order chi connectivity index (χ1) is 8.54. The third-order valence-corrected chi connectivity index (χ3v) is 3.36. The fraction of sp³-hybridized carbons (Fsp3) is 0.333. The van der Waals surface area contributed by atoms with Crippen molar-refractivity contribution in [3.05, 3.63) is 52.3 Å². The zero-order valence-electron chi connectivity index (χ0n) is 11.3. The molecule has 0 atom stereocenters. The van der Waals surface area contributed by atoms with Crippen LogP contribution < -0.4 is 0 Å². The average molecular weight is 242 g/mol. The lowest BCUT2D eigenvalue weighted by atomic mass is 10.00. The zero-order chi connectivity index (χ0) is 13.3. The summed E-state index contributed by atoms with van der Waals surface area (Å²) in [6.07, 6.45) is 0.986. The standard InChI is InChI=1S/C15H18N2O/c1-5-12-6-8-13(9-7-12)15(18)14-10(2)16-17(4)11(14)3/h6-9H,5H2,1-4H3. The van der Waals surface area contributed by atoms with Crippen molar-refractivity contribution in [2.45, 2.75) is 27.2 Å². The van der Waals surface area contributed by atoms with E-state index >= 15 is 0 Å². The molecule has 0 saturated carbocycles. The van der Waals surface area contributed by atoms with Crippen LogP contribution in [-0.4, -0.2) is 15.6 Å². The summed E-state index contributed by atoms with van der Waals surface area (Å²) in [6.45, 7) is 5.90. The minimum Gasteiger partial charge on any atom is -0.288 e. The fourth-order valence-electron chi connectivity index (χ4n) is 2.14. The molecule has 0 amide bonds. The molecule has 0 radical (unpaired) electrons. The molecule has 0 saturated heterocycles. The highest BCUT2D eigenvalue weighted by Crippen LogP contribution is 2.17. The lowest BCUT2D eigenvalue weighted by molar-refractivity contribution is 0.103. The third kappa shape index (κ3) is 2.08. The van der Waals surface area contributed by atoms with Gasteiger partial charge in [0.15, 0.2) is 5.78 Å². The van der Waals surface area contributed by atoms with Crippen molar-refractivity contribution in [3.63, 3.8) is 0 Å². The van der Waals surface area contributed by atoms with Crippen molar-refractivity contribution in [1.82, 2.24) is 9.78 Å². The Morgan fingerprint density at radius 1 is 1.22 bits per heavy atom. The highest BCUT2D eigenvalue weighted by Gasteiger charge is 2.18. The van der Waals surface area contributed by atoms with Gasteiger partial charge in [0.25, 0.3) is 0 Å².